The molecule has 0 aromatic carbocycles. The minimum absolute atomic E-state index is 0.155. The van der Waals surface area contributed by atoms with Crippen molar-refractivity contribution in [3.8, 4) is 0 Å². The first-order chi connectivity index (χ1) is 8.13. The van der Waals surface area contributed by atoms with E-state index in [1.54, 1.807) is 7.11 Å². The van der Waals surface area contributed by atoms with Gasteiger partial charge in [0, 0.05) is 19.7 Å². The average molecular weight is 235 g/mol. The molecular weight excluding hydrogens is 218 g/mol. The third-order valence-electron chi connectivity index (χ3n) is 2.83. The topological polar surface area (TPSA) is 59.4 Å². The van der Waals surface area contributed by atoms with Crippen molar-refractivity contribution < 1.29 is 4.74 Å². The van der Waals surface area contributed by atoms with Gasteiger partial charge in [-0.3, -0.25) is 9.20 Å². The predicted molar refractivity (Wildman–Crippen MR) is 65.5 cm³/mol. The fourth-order valence-electron chi connectivity index (χ4n) is 1.78. The second-order valence-electron chi connectivity index (χ2n) is 4.40. The van der Waals surface area contributed by atoms with Crippen molar-refractivity contribution in [1.82, 2.24) is 14.6 Å². The van der Waals surface area contributed by atoms with E-state index in [2.05, 4.69) is 24.0 Å². The molecule has 2 rings (SSSR count). The highest BCUT2D eigenvalue weighted by Gasteiger charge is 2.10. The summed E-state index contributed by atoms with van der Waals surface area (Å²) in [5.74, 6) is 1.21. The van der Waals surface area contributed by atoms with E-state index in [0.29, 0.717) is 24.5 Å². The molecule has 0 saturated heterocycles. The van der Waals surface area contributed by atoms with E-state index in [9.17, 15) is 4.79 Å². The van der Waals surface area contributed by atoms with Crippen molar-refractivity contribution in [2.75, 3.05) is 13.7 Å². The zero-order chi connectivity index (χ0) is 12.4. The number of methoxy groups -OCH3 is 1. The highest BCUT2D eigenvalue weighted by Crippen LogP contribution is 2.17. The quantitative estimate of drug-likeness (QED) is 0.869. The molecule has 5 nitrogen and oxygen atoms in total. The van der Waals surface area contributed by atoms with E-state index in [-0.39, 0.29) is 5.56 Å². The summed E-state index contributed by atoms with van der Waals surface area (Å²) in [7, 11) is 1.65. The van der Waals surface area contributed by atoms with E-state index in [4.69, 9.17) is 4.74 Å². The number of H-pyrrole nitrogens is 1. The van der Waals surface area contributed by atoms with Crippen molar-refractivity contribution in [1.29, 1.82) is 0 Å². The number of hydrogen-bond acceptors (Lipinski definition) is 3. The summed E-state index contributed by atoms with van der Waals surface area (Å²) in [6.45, 7) is 4.79. The number of aromatic amines is 1. The van der Waals surface area contributed by atoms with Gasteiger partial charge in [0.2, 0.25) is 0 Å². The summed E-state index contributed by atoms with van der Waals surface area (Å²) in [4.78, 5) is 11.7. The molecule has 2 aromatic rings. The van der Waals surface area contributed by atoms with Gasteiger partial charge >= 0.3 is 0 Å². The lowest BCUT2D eigenvalue weighted by Gasteiger charge is -2.03. The van der Waals surface area contributed by atoms with Crippen LogP contribution in [0.1, 0.15) is 31.2 Å². The molecule has 1 N–H and O–H groups in total. The fraction of sp³-hybridized carbons (Fsp3) is 0.500. The SMILES string of the molecule is COCCc1n[nH]c(=O)c2cc(C(C)C)cn12. The number of nitrogens with zero attached hydrogens (tertiary/aromatic N) is 2. The van der Waals surface area contributed by atoms with Gasteiger partial charge in [-0.05, 0) is 17.5 Å². The number of aromatic nitrogens is 3. The third-order valence-corrected chi connectivity index (χ3v) is 2.83. The monoisotopic (exact) mass is 235 g/mol. The van der Waals surface area contributed by atoms with Gasteiger partial charge in [0.05, 0.1) is 6.61 Å². The maximum atomic E-state index is 11.7. The first-order valence-electron chi connectivity index (χ1n) is 5.72. The van der Waals surface area contributed by atoms with Crippen LogP contribution < -0.4 is 5.56 Å². The van der Waals surface area contributed by atoms with Crippen LogP contribution in [0.3, 0.4) is 0 Å². The van der Waals surface area contributed by atoms with Crippen LogP contribution in [0.15, 0.2) is 17.1 Å². The van der Waals surface area contributed by atoms with Gasteiger partial charge in [0.25, 0.3) is 5.56 Å². The van der Waals surface area contributed by atoms with E-state index in [1.165, 1.54) is 0 Å². The molecule has 2 heterocycles. The second-order valence-corrected chi connectivity index (χ2v) is 4.40. The first kappa shape index (κ1) is 11.9. The Morgan fingerprint density at radius 2 is 2.29 bits per heavy atom. The van der Waals surface area contributed by atoms with E-state index < -0.39 is 0 Å². The Bertz CT molecular complexity index is 569. The zero-order valence-corrected chi connectivity index (χ0v) is 10.4. The Balaban J connectivity index is 2.55. The molecule has 0 aliphatic carbocycles. The average Bonchev–Trinajstić information content (AvgIpc) is 2.74. The molecule has 0 spiro atoms. The van der Waals surface area contributed by atoms with Gasteiger partial charge in [0.1, 0.15) is 11.3 Å². The Hall–Kier alpha value is -1.62. The molecule has 0 radical (unpaired) electrons. The molecule has 0 fully saturated rings. The van der Waals surface area contributed by atoms with Crippen molar-refractivity contribution in [2.45, 2.75) is 26.2 Å². The van der Waals surface area contributed by atoms with Crippen LogP contribution in [0.25, 0.3) is 5.52 Å². The summed E-state index contributed by atoms with van der Waals surface area (Å²) in [6, 6.07) is 1.92. The van der Waals surface area contributed by atoms with E-state index in [1.807, 2.05) is 16.7 Å². The molecule has 0 unspecified atom stereocenters. The maximum absolute atomic E-state index is 11.7. The molecular formula is C12H17N3O2. The summed E-state index contributed by atoms with van der Waals surface area (Å²) in [5, 5.41) is 6.58. The largest absolute Gasteiger partial charge is 0.384 e. The van der Waals surface area contributed by atoms with Crippen LogP contribution in [0.2, 0.25) is 0 Å². The molecule has 5 heteroatoms. The summed E-state index contributed by atoms with van der Waals surface area (Å²) in [5.41, 5.74) is 1.63. The number of ether oxygens (including phenoxy) is 1. The summed E-state index contributed by atoms with van der Waals surface area (Å²) >= 11 is 0. The minimum Gasteiger partial charge on any atom is -0.384 e. The van der Waals surface area contributed by atoms with Crippen molar-refractivity contribution in [2.24, 2.45) is 0 Å². The van der Waals surface area contributed by atoms with Gasteiger partial charge in [-0.15, -0.1) is 0 Å². The second kappa shape index (κ2) is 4.71. The Labute approximate surface area is 99.4 Å². The number of fused-ring (bicyclic) bond motifs is 1. The van der Waals surface area contributed by atoms with Crippen LogP contribution in [-0.4, -0.2) is 28.3 Å². The lowest BCUT2D eigenvalue weighted by Crippen LogP contribution is -2.16. The molecule has 0 atom stereocenters. The Morgan fingerprint density at radius 1 is 1.53 bits per heavy atom. The molecule has 92 valence electrons. The molecule has 2 aromatic heterocycles. The van der Waals surface area contributed by atoms with Gasteiger partial charge < -0.3 is 4.74 Å². The molecule has 0 aliphatic heterocycles. The molecule has 17 heavy (non-hydrogen) atoms. The number of hydrogen-bond donors (Lipinski definition) is 1. The lowest BCUT2D eigenvalue weighted by molar-refractivity contribution is 0.200. The molecule has 0 bridgehead atoms. The van der Waals surface area contributed by atoms with Crippen LogP contribution >= 0.6 is 0 Å². The van der Waals surface area contributed by atoms with E-state index >= 15 is 0 Å². The number of nitrogens with one attached hydrogen (secondary N) is 1. The van der Waals surface area contributed by atoms with Gasteiger partial charge in [-0.2, -0.15) is 5.10 Å². The van der Waals surface area contributed by atoms with Gasteiger partial charge in [-0.1, -0.05) is 13.8 Å². The normalized spacial score (nSPS) is 11.5. The number of rotatable bonds is 4. The van der Waals surface area contributed by atoms with Crippen LogP contribution in [0.4, 0.5) is 0 Å². The molecule has 0 saturated carbocycles. The zero-order valence-electron chi connectivity index (χ0n) is 10.4. The third kappa shape index (κ3) is 2.24. The lowest BCUT2D eigenvalue weighted by atomic mass is 10.1. The van der Waals surface area contributed by atoms with Crippen LogP contribution in [-0.2, 0) is 11.2 Å². The highest BCUT2D eigenvalue weighted by atomic mass is 16.5. The smallest absolute Gasteiger partial charge is 0.288 e. The van der Waals surface area contributed by atoms with Gasteiger partial charge in [-0.25, -0.2) is 5.10 Å². The molecule has 0 amide bonds. The van der Waals surface area contributed by atoms with Crippen molar-refractivity contribution in [3.05, 3.63) is 34.0 Å². The summed E-state index contributed by atoms with van der Waals surface area (Å²) < 4.78 is 6.89. The first-order valence-corrected chi connectivity index (χ1v) is 5.72. The Morgan fingerprint density at radius 3 is 2.94 bits per heavy atom. The van der Waals surface area contributed by atoms with Crippen molar-refractivity contribution in [3.63, 3.8) is 0 Å². The fourth-order valence-corrected chi connectivity index (χ4v) is 1.78. The summed E-state index contributed by atoms with van der Waals surface area (Å²) in [6.07, 6.45) is 2.66. The standard InChI is InChI=1S/C12H17N3O2/c1-8(2)9-6-10-12(16)14-13-11(4-5-17-3)15(10)7-9/h6-8H,4-5H2,1-3H3,(H,14,16). The molecule has 0 aliphatic rings. The van der Waals surface area contributed by atoms with Crippen LogP contribution in [0, 0.1) is 0 Å². The van der Waals surface area contributed by atoms with Gasteiger partial charge in [0.15, 0.2) is 0 Å². The highest BCUT2D eigenvalue weighted by molar-refractivity contribution is 5.49. The van der Waals surface area contributed by atoms with Crippen LogP contribution in [0.5, 0.6) is 0 Å². The Kier molecular flexibility index (Phi) is 3.28. The minimum atomic E-state index is -0.155. The van der Waals surface area contributed by atoms with Crippen molar-refractivity contribution >= 4 is 5.52 Å². The predicted octanol–water partition coefficient (Wildman–Crippen LogP) is 1.33. The van der Waals surface area contributed by atoms with E-state index in [0.717, 1.165) is 11.4 Å². The maximum Gasteiger partial charge on any atom is 0.288 e.